The molecular weight excluding hydrogens is 314 g/mol. The van der Waals surface area contributed by atoms with E-state index >= 15 is 0 Å². The number of halogens is 2. The van der Waals surface area contributed by atoms with Gasteiger partial charge in [0.05, 0.1) is 0 Å². The second-order valence-electron chi connectivity index (χ2n) is 7.36. The standard InChI is InChI=1S/C18H26F2N2O2/c1-11(13-6-5-7-14(19)16(13)20)21-10-15(12-8-9-12)22-17(23)24-18(2,3)4/h5-7,11-12,15,21H,8-10H2,1-4H3,(H,22,23). The van der Waals surface area contributed by atoms with Crippen LogP contribution in [0.5, 0.6) is 0 Å². The number of alkyl carbamates (subject to hydrolysis) is 1. The highest BCUT2D eigenvalue weighted by atomic mass is 19.2. The molecule has 134 valence electrons. The second-order valence-corrected chi connectivity index (χ2v) is 7.36. The van der Waals surface area contributed by atoms with Crippen molar-refractivity contribution in [2.45, 2.75) is 58.2 Å². The molecule has 0 aromatic heterocycles. The molecule has 2 rings (SSSR count). The summed E-state index contributed by atoms with van der Waals surface area (Å²) in [6, 6.07) is 3.70. The summed E-state index contributed by atoms with van der Waals surface area (Å²) in [5, 5.41) is 6.06. The van der Waals surface area contributed by atoms with Crippen molar-refractivity contribution in [1.29, 1.82) is 0 Å². The molecule has 1 saturated carbocycles. The highest BCUT2D eigenvalue weighted by molar-refractivity contribution is 5.68. The Bertz CT molecular complexity index is 583. The first-order chi connectivity index (χ1) is 11.2. The molecule has 0 bridgehead atoms. The third kappa shape index (κ3) is 5.44. The summed E-state index contributed by atoms with van der Waals surface area (Å²) in [5.41, 5.74) is -0.273. The molecule has 2 N–H and O–H groups in total. The molecule has 0 heterocycles. The van der Waals surface area contributed by atoms with E-state index in [0.29, 0.717) is 12.5 Å². The maximum Gasteiger partial charge on any atom is 0.407 e. The fourth-order valence-electron chi connectivity index (χ4n) is 2.56. The lowest BCUT2D eigenvalue weighted by Crippen LogP contribution is -2.46. The number of carbonyl (C=O) groups excluding carboxylic acids is 1. The van der Waals surface area contributed by atoms with Gasteiger partial charge in [-0.05, 0) is 52.5 Å². The summed E-state index contributed by atoms with van der Waals surface area (Å²) in [7, 11) is 0. The van der Waals surface area contributed by atoms with Crippen LogP contribution in [0.1, 0.15) is 52.1 Å². The Morgan fingerprint density at radius 2 is 2.00 bits per heavy atom. The van der Waals surface area contributed by atoms with E-state index < -0.39 is 23.3 Å². The number of amides is 1. The first kappa shape index (κ1) is 18.6. The molecule has 1 aliphatic rings. The molecule has 1 aromatic rings. The predicted octanol–water partition coefficient (Wildman–Crippen LogP) is 3.92. The minimum Gasteiger partial charge on any atom is -0.444 e. The molecule has 4 nitrogen and oxygen atoms in total. The van der Waals surface area contributed by atoms with Crippen LogP contribution in [-0.2, 0) is 4.74 Å². The fraction of sp³-hybridized carbons (Fsp3) is 0.611. The minimum absolute atomic E-state index is 0.0843. The van der Waals surface area contributed by atoms with Gasteiger partial charge in [-0.2, -0.15) is 0 Å². The Hall–Kier alpha value is -1.69. The van der Waals surface area contributed by atoms with E-state index in [1.807, 2.05) is 20.8 Å². The molecule has 1 amide bonds. The van der Waals surface area contributed by atoms with Gasteiger partial charge >= 0.3 is 6.09 Å². The number of carbonyl (C=O) groups is 1. The van der Waals surface area contributed by atoms with Gasteiger partial charge in [0, 0.05) is 24.2 Å². The lowest BCUT2D eigenvalue weighted by molar-refractivity contribution is 0.0496. The Kier molecular flexibility index (Phi) is 5.80. The van der Waals surface area contributed by atoms with Crippen LogP contribution >= 0.6 is 0 Å². The normalized spacial score (nSPS) is 17.2. The van der Waals surface area contributed by atoms with Crippen LogP contribution in [0.25, 0.3) is 0 Å². The van der Waals surface area contributed by atoms with E-state index in [0.717, 1.165) is 18.9 Å². The number of benzene rings is 1. The quantitative estimate of drug-likeness (QED) is 0.825. The van der Waals surface area contributed by atoms with Crippen molar-refractivity contribution < 1.29 is 18.3 Å². The van der Waals surface area contributed by atoms with E-state index in [-0.39, 0.29) is 17.6 Å². The molecule has 24 heavy (non-hydrogen) atoms. The smallest absolute Gasteiger partial charge is 0.407 e. The SMILES string of the molecule is CC(NCC(NC(=O)OC(C)(C)C)C1CC1)c1cccc(F)c1F. The van der Waals surface area contributed by atoms with E-state index in [2.05, 4.69) is 10.6 Å². The monoisotopic (exact) mass is 340 g/mol. The van der Waals surface area contributed by atoms with E-state index in [1.54, 1.807) is 13.0 Å². The van der Waals surface area contributed by atoms with Gasteiger partial charge < -0.3 is 15.4 Å². The molecule has 6 heteroatoms. The molecular formula is C18H26F2N2O2. The van der Waals surface area contributed by atoms with Crippen molar-refractivity contribution in [3.63, 3.8) is 0 Å². The molecule has 2 unspecified atom stereocenters. The second kappa shape index (κ2) is 7.47. The van der Waals surface area contributed by atoms with Crippen LogP contribution in [0.15, 0.2) is 18.2 Å². The molecule has 1 aliphatic carbocycles. The average molecular weight is 340 g/mol. The van der Waals surface area contributed by atoms with E-state index in [4.69, 9.17) is 4.74 Å². The Balaban J connectivity index is 1.92. The Morgan fingerprint density at radius 1 is 1.33 bits per heavy atom. The fourth-order valence-corrected chi connectivity index (χ4v) is 2.56. The third-order valence-corrected chi connectivity index (χ3v) is 3.99. The molecule has 0 aliphatic heterocycles. The number of hydrogen-bond donors (Lipinski definition) is 2. The van der Waals surface area contributed by atoms with Crippen LogP contribution in [0.4, 0.5) is 13.6 Å². The minimum atomic E-state index is -0.855. The number of rotatable bonds is 6. The molecule has 2 atom stereocenters. The lowest BCUT2D eigenvalue weighted by Gasteiger charge is -2.25. The van der Waals surface area contributed by atoms with Crippen molar-refractivity contribution in [1.82, 2.24) is 10.6 Å². The summed E-state index contributed by atoms with van der Waals surface area (Å²) in [4.78, 5) is 11.9. The highest BCUT2D eigenvalue weighted by Gasteiger charge is 2.33. The van der Waals surface area contributed by atoms with Crippen LogP contribution in [0.3, 0.4) is 0 Å². The van der Waals surface area contributed by atoms with Crippen molar-refractivity contribution in [2.75, 3.05) is 6.54 Å². The van der Waals surface area contributed by atoms with Gasteiger partial charge in [0.25, 0.3) is 0 Å². The van der Waals surface area contributed by atoms with Gasteiger partial charge in [-0.15, -0.1) is 0 Å². The van der Waals surface area contributed by atoms with Crippen LogP contribution < -0.4 is 10.6 Å². The first-order valence-corrected chi connectivity index (χ1v) is 8.34. The van der Waals surface area contributed by atoms with E-state index in [9.17, 15) is 13.6 Å². The average Bonchev–Trinajstić information content (AvgIpc) is 3.28. The van der Waals surface area contributed by atoms with Crippen LogP contribution in [0, 0.1) is 17.6 Å². The summed E-state index contributed by atoms with van der Waals surface area (Å²) in [6.07, 6.45) is 1.64. The van der Waals surface area contributed by atoms with Gasteiger partial charge in [0.1, 0.15) is 5.60 Å². The Morgan fingerprint density at radius 3 is 2.58 bits per heavy atom. The molecule has 0 radical (unpaired) electrons. The zero-order valence-corrected chi connectivity index (χ0v) is 14.7. The molecule has 0 saturated heterocycles. The topological polar surface area (TPSA) is 50.4 Å². The highest BCUT2D eigenvalue weighted by Crippen LogP contribution is 2.33. The molecule has 0 spiro atoms. The zero-order chi connectivity index (χ0) is 17.9. The zero-order valence-electron chi connectivity index (χ0n) is 14.7. The van der Waals surface area contributed by atoms with Gasteiger partial charge in [-0.1, -0.05) is 12.1 Å². The summed E-state index contributed by atoms with van der Waals surface area (Å²) in [6.45, 7) is 7.68. The number of hydrogen-bond acceptors (Lipinski definition) is 3. The summed E-state index contributed by atoms with van der Waals surface area (Å²) < 4.78 is 32.5. The van der Waals surface area contributed by atoms with Crippen molar-refractivity contribution in [2.24, 2.45) is 5.92 Å². The first-order valence-electron chi connectivity index (χ1n) is 8.34. The van der Waals surface area contributed by atoms with Crippen LogP contribution in [-0.4, -0.2) is 24.3 Å². The summed E-state index contributed by atoms with van der Waals surface area (Å²) >= 11 is 0. The lowest BCUT2D eigenvalue weighted by atomic mass is 10.1. The third-order valence-electron chi connectivity index (χ3n) is 3.99. The van der Waals surface area contributed by atoms with E-state index in [1.165, 1.54) is 6.07 Å². The maximum atomic E-state index is 13.8. The van der Waals surface area contributed by atoms with Gasteiger partial charge in [-0.3, -0.25) is 0 Å². The Labute approximate surface area is 142 Å². The molecule has 1 aromatic carbocycles. The van der Waals surface area contributed by atoms with Crippen molar-refractivity contribution in [3.8, 4) is 0 Å². The largest absolute Gasteiger partial charge is 0.444 e. The van der Waals surface area contributed by atoms with Crippen molar-refractivity contribution in [3.05, 3.63) is 35.4 Å². The number of nitrogens with one attached hydrogen (secondary N) is 2. The van der Waals surface area contributed by atoms with Gasteiger partial charge in [-0.25, -0.2) is 13.6 Å². The summed E-state index contributed by atoms with van der Waals surface area (Å²) in [5.74, 6) is -1.29. The maximum absolute atomic E-state index is 13.8. The predicted molar refractivity (Wildman–Crippen MR) is 88.7 cm³/mol. The van der Waals surface area contributed by atoms with Gasteiger partial charge in [0.2, 0.25) is 0 Å². The molecule has 1 fully saturated rings. The van der Waals surface area contributed by atoms with Gasteiger partial charge in [0.15, 0.2) is 11.6 Å². The van der Waals surface area contributed by atoms with Crippen molar-refractivity contribution >= 4 is 6.09 Å². The number of ether oxygens (including phenoxy) is 1. The van der Waals surface area contributed by atoms with Crippen LogP contribution in [0.2, 0.25) is 0 Å².